The third kappa shape index (κ3) is 3.07. The number of aryl methyl sites for hydroxylation is 3. The van der Waals surface area contributed by atoms with Crippen molar-refractivity contribution in [1.29, 1.82) is 0 Å². The van der Waals surface area contributed by atoms with Crippen LogP contribution in [0.1, 0.15) is 32.3 Å². The molecule has 1 amide bonds. The van der Waals surface area contributed by atoms with Crippen LogP contribution in [0.5, 0.6) is 0 Å². The molecule has 0 aliphatic heterocycles. The number of nitrogens with zero attached hydrogens (tertiary/aromatic N) is 3. The summed E-state index contributed by atoms with van der Waals surface area (Å²) in [5.41, 5.74) is 4.13. The van der Waals surface area contributed by atoms with E-state index in [1.807, 2.05) is 45.9 Å². The summed E-state index contributed by atoms with van der Waals surface area (Å²) < 4.78 is 1.76. The fourth-order valence-electron chi connectivity index (χ4n) is 2.43. The van der Waals surface area contributed by atoms with Gasteiger partial charge in [-0.05, 0) is 51.5 Å². The Kier molecular flexibility index (Phi) is 4.43. The molecule has 24 heavy (non-hydrogen) atoms. The summed E-state index contributed by atoms with van der Waals surface area (Å²) in [6, 6.07) is 7.42. The minimum Gasteiger partial charge on any atom is -0.321 e. The van der Waals surface area contributed by atoms with Gasteiger partial charge in [0.2, 0.25) is 5.13 Å². The number of carbonyl (C=O) groups excluding carboxylic acids is 1. The number of benzene rings is 1. The predicted molar refractivity (Wildman–Crippen MR) is 97.6 cm³/mol. The third-order valence-electron chi connectivity index (χ3n) is 3.70. The van der Waals surface area contributed by atoms with E-state index in [4.69, 9.17) is 11.6 Å². The van der Waals surface area contributed by atoms with Crippen molar-refractivity contribution in [1.82, 2.24) is 14.8 Å². The summed E-state index contributed by atoms with van der Waals surface area (Å²) in [4.78, 5) is 17.7. The van der Waals surface area contributed by atoms with Crippen LogP contribution < -0.4 is 5.32 Å². The molecule has 0 bridgehead atoms. The average molecular weight is 361 g/mol. The van der Waals surface area contributed by atoms with E-state index in [0.717, 1.165) is 17.0 Å². The maximum Gasteiger partial charge on any atom is 0.267 e. The van der Waals surface area contributed by atoms with Gasteiger partial charge in [0.15, 0.2) is 0 Å². The van der Waals surface area contributed by atoms with E-state index in [1.165, 1.54) is 11.3 Å². The molecule has 2 aromatic heterocycles. The van der Waals surface area contributed by atoms with Gasteiger partial charge in [0.05, 0.1) is 11.4 Å². The minimum atomic E-state index is -0.192. The van der Waals surface area contributed by atoms with Gasteiger partial charge in [0.25, 0.3) is 5.91 Å². The number of nitrogens with one attached hydrogen (secondary N) is 1. The molecule has 124 valence electrons. The molecule has 1 N–H and O–H groups in total. The average Bonchev–Trinajstić information content (AvgIpc) is 3.06. The predicted octanol–water partition coefficient (Wildman–Crippen LogP) is 4.47. The van der Waals surface area contributed by atoms with Crippen molar-refractivity contribution in [3.63, 3.8) is 0 Å². The molecule has 0 spiro atoms. The van der Waals surface area contributed by atoms with Gasteiger partial charge in [-0.2, -0.15) is 5.10 Å². The number of halogens is 1. The fraction of sp³-hybridized carbons (Fsp3) is 0.235. The highest BCUT2D eigenvalue weighted by Crippen LogP contribution is 2.26. The fourth-order valence-corrected chi connectivity index (χ4v) is 3.58. The normalized spacial score (nSPS) is 10.9. The minimum absolute atomic E-state index is 0.192. The van der Waals surface area contributed by atoms with E-state index in [1.54, 1.807) is 10.7 Å². The Balaban J connectivity index is 1.91. The SMILES string of the molecule is Cc1cc(C)n(-c2nc(C)c(C(=O)Nc3cccc(Cl)c3C)s2)n1. The molecule has 0 atom stereocenters. The lowest BCUT2D eigenvalue weighted by Gasteiger charge is -2.08. The lowest BCUT2D eigenvalue weighted by Crippen LogP contribution is -2.12. The van der Waals surface area contributed by atoms with Crippen LogP contribution in [0.3, 0.4) is 0 Å². The zero-order valence-electron chi connectivity index (χ0n) is 13.8. The van der Waals surface area contributed by atoms with Gasteiger partial charge < -0.3 is 5.32 Å². The maximum absolute atomic E-state index is 12.6. The molecule has 1 aromatic carbocycles. The molecule has 2 heterocycles. The summed E-state index contributed by atoms with van der Waals surface area (Å²) in [6.45, 7) is 7.59. The Morgan fingerprint density at radius 1 is 1.25 bits per heavy atom. The molecule has 0 saturated heterocycles. The van der Waals surface area contributed by atoms with Gasteiger partial charge in [0, 0.05) is 16.4 Å². The van der Waals surface area contributed by atoms with Gasteiger partial charge >= 0.3 is 0 Å². The number of carbonyl (C=O) groups is 1. The second-order valence-corrected chi connectivity index (χ2v) is 7.00. The first-order chi connectivity index (χ1) is 11.4. The lowest BCUT2D eigenvalue weighted by molar-refractivity contribution is 0.102. The van der Waals surface area contributed by atoms with Gasteiger partial charge in [-0.25, -0.2) is 9.67 Å². The Bertz CT molecular complexity index is 929. The molecule has 0 fully saturated rings. The summed E-state index contributed by atoms with van der Waals surface area (Å²) in [7, 11) is 0. The van der Waals surface area contributed by atoms with Crippen LogP contribution in [0.15, 0.2) is 24.3 Å². The first kappa shape index (κ1) is 16.7. The molecule has 0 saturated carbocycles. The topological polar surface area (TPSA) is 59.8 Å². The monoisotopic (exact) mass is 360 g/mol. The molecule has 0 aliphatic carbocycles. The van der Waals surface area contributed by atoms with Gasteiger partial charge in [-0.3, -0.25) is 4.79 Å². The van der Waals surface area contributed by atoms with Crippen molar-refractivity contribution in [3.05, 3.63) is 56.8 Å². The summed E-state index contributed by atoms with van der Waals surface area (Å²) in [5, 5.41) is 8.64. The van der Waals surface area contributed by atoms with Crippen LogP contribution >= 0.6 is 22.9 Å². The van der Waals surface area contributed by atoms with Crippen molar-refractivity contribution in [2.75, 3.05) is 5.32 Å². The van der Waals surface area contributed by atoms with Gasteiger partial charge in [-0.15, -0.1) is 0 Å². The van der Waals surface area contributed by atoms with Crippen LogP contribution in [0.4, 0.5) is 5.69 Å². The Hall–Kier alpha value is -2.18. The largest absolute Gasteiger partial charge is 0.321 e. The molecule has 5 nitrogen and oxygen atoms in total. The van der Waals surface area contributed by atoms with Crippen molar-refractivity contribution in [2.24, 2.45) is 0 Å². The van der Waals surface area contributed by atoms with Crippen LogP contribution in [-0.2, 0) is 0 Å². The van der Waals surface area contributed by atoms with E-state index >= 15 is 0 Å². The van der Waals surface area contributed by atoms with E-state index < -0.39 is 0 Å². The molecule has 7 heteroatoms. The highest BCUT2D eigenvalue weighted by Gasteiger charge is 2.18. The van der Waals surface area contributed by atoms with Crippen molar-refractivity contribution >= 4 is 34.5 Å². The van der Waals surface area contributed by atoms with E-state index in [9.17, 15) is 4.79 Å². The molecular formula is C17H17ClN4OS. The van der Waals surface area contributed by atoms with Gasteiger partial charge in [-0.1, -0.05) is 29.0 Å². The molecule has 3 rings (SSSR count). The first-order valence-corrected chi connectivity index (χ1v) is 8.64. The Labute approximate surface area is 149 Å². The summed E-state index contributed by atoms with van der Waals surface area (Å²) in [6.07, 6.45) is 0. The second kappa shape index (κ2) is 6.37. The molecule has 0 aliphatic rings. The highest BCUT2D eigenvalue weighted by molar-refractivity contribution is 7.16. The third-order valence-corrected chi connectivity index (χ3v) is 5.24. The zero-order chi connectivity index (χ0) is 17.4. The van der Waals surface area contributed by atoms with E-state index in [2.05, 4.69) is 15.4 Å². The summed E-state index contributed by atoms with van der Waals surface area (Å²) >= 11 is 7.43. The Morgan fingerprint density at radius 2 is 2.00 bits per heavy atom. The van der Waals surface area contributed by atoms with Crippen LogP contribution in [0.2, 0.25) is 5.02 Å². The number of anilines is 1. The van der Waals surface area contributed by atoms with Crippen LogP contribution in [0.25, 0.3) is 5.13 Å². The molecule has 3 aromatic rings. The standard InChI is InChI=1S/C17H17ClN4OS/c1-9-8-10(2)22(21-9)17-19-12(4)15(24-17)16(23)20-14-7-5-6-13(18)11(14)3/h5-8H,1-4H3,(H,20,23). The number of hydrogen-bond donors (Lipinski definition) is 1. The van der Waals surface area contributed by atoms with Crippen LogP contribution in [-0.4, -0.2) is 20.7 Å². The molecule has 0 unspecified atom stereocenters. The lowest BCUT2D eigenvalue weighted by atomic mass is 10.2. The van der Waals surface area contributed by atoms with E-state index in [-0.39, 0.29) is 5.91 Å². The second-order valence-electron chi connectivity index (χ2n) is 5.62. The number of thiazole rings is 1. The zero-order valence-corrected chi connectivity index (χ0v) is 15.4. The van der Waals surface area contributed by atoms with Crippen LogP contribution in [0, 0.1) is 27.7 Å². The van der Waals surface area contributed by atoms with E-state index in [0.29, 0.717) is 26.4 Å². The maximum atomic E-state index is 12.6. The number of rotatable bonds is 3. The highest BCUT2D eigenvalue weighted by atomic mass is 35.5. The van der Waals surface area contributed by atoms with Crippen molar-refractivity contribution in [2.45, 2.75) is 27.7 Å². The number of hydrogen-bond acceptors (Lipinski definition) is 4. The number of aromatic nitrogens is 3. The summed E-state index contributed by atoms with van der Waals surface area (Å²) in [5.74, 6) is -0.192. The first-order valence-electron chi connectivity index (χ1n) is 7.44. The van der Waals surface area contributed by atoms with Crippen molar-refractivity contribution in [3.8, 4) is 5.13 Å². The van der Waals surface area contributed by atoms with Gasteiger partial charge in [0.1, 0.15) is 4.88 Å². The molecule has 0 radical (unpaired) electrons. The van der Waals surface area contributed by atoms with Crippen molar-refractivity contribution < 1.29 is 4.79 Å². The Morgan fingerprint density at radius 3 is 2.67 bits per heavy atom. The smallest absolute Gasteiger partial charge is 0.267 e. The molecular weight excluding hydrogens is 344 g/mol. The quantitative estimate of drug-likeness (QED) is 0.749. The number of amides is 1.